The van der Waals surface area contributed by atoms with Crippen molar-refractivity contribution in [1.29, 1.82) is 0 Å². The second-order valence-electron chi connectivity index (χ2n) is 23.1. The molecule has 2 N–H and O–H groups in total. The fourth-order valence-corrected chi connectivity index (χ4v) is 10.3. The fourth-order valence-electron chi connectivity index (χ4n) is 9.99. The molecule has 0 fully saturated rings. The van der Waals surface area contributed by atoms with Crippen LogP contribution in [0.2, 0.25) is 0 Å². The van der Waals surface area contributed by atoms with Crippen LogP contribution in [0.25, 0.3) is 0 Å². The molecule has 0 saturated heterocycles. The number of ether oxygens (including phenoxy) is 9. The number of fused-ring (bicyclic) bond motifs is 1. The van der Waals surface area contributed by atoms with Gasteiger partial charge in [-0.05, 0) is 161 Å². The zero-order valence-corrected chi connectivity index (χ0v) is 69.5. The molecule has 0 amide bonds. The monoisotopic (exact) mass is 1620 g/mol. The quantitative estimate of drug-likeness (QED) is 0.00733. The molecule has 1 aliphatic rings. The molecule has 4 unspecified atom stereocenters. The molecule has 0 spiro atoms. The number of carbonyl (C=O) groups excluding carboxylic acids is 7. The van der Waals surface area contributed by atoms with E-state index in [0.717, 1.165) is 105 Å². The molecule has 107 heavy (non-hydrogen) atoms. The van der Waals surface area contributed by atoms with Crippen LogP contribution in [0.5, 0.6) is 34.5 Å². The van der Waals surface area contributed by atoms with Crippen LogP contribution >= 0.6 is 65.0 Å². The molecule has 6 aromatic carbocycles. The van der Waals surface area contributed by atoms with Crippen molar-refractivity contribution in [2.24, 2.45) is 23.7 Å². The van der Waals surface area contributed by atoms with Gasteiger partial charge < -0.3 is 53.2 Å². The minimum atomic E-state index is -1.72. The number of benzene rings is 6. The molecule has 0 aromatic heterocycles. The van der Waals surface area contributed by atoms with Crippen molar-refractivity contribution in [3.8, 4) is 34.5 Å². The van der Waals surface area contributed by atoms with Crippen LogP contribution in [-0.2, 0) is 86.3 Å². The van der Waals surface area contributed by atoms with Gasteiger partial charge in [0.05, 0.1) is 67.8 Å². The molecule has 1 aliphatic carbocycles. The van der Waals surface area contributed by atoms with E-state index in [1.807, 2.05) is 174 Å². The number of halogens is 6. The number of carboxylic acid groups (broad SMARTS) is 1. The molecule has 0 bridgehead atoms. The number of alkyl halides is 2. The maximum atomic E-state index is 11.7. The largest absolute Gasteiger partial charge is 1.00 e. The number of esters is 3. The number of methoxy groups -OCH3 is 6. The van der Waals surface area contributed by atoms with E-state index in [1.165, 1.54) is 6.08 Å². The van der Waals surface area contributed by atoms with Gasteiger partial charge >= 0.3 is 54.1 Å². The van der Waals surface area contributed by atoms with Crippen LogP contribution in [0, 0.1) is 23.7 Å². The summed E-state index contributed by atoms with van der Waals surface area (Å²) in [5.74, 6) is 4.53. The van der Waals surface area contributed by atoms with Crippen LogP contribution in [-0.4, -0.2) is 137 Å². The van der Waals surface area contributed by atoms with Crippen molar-refractivity contribution in [1.82, 2.24) is 0 Å². The molecule has 4 atom stereocenters. The summed E-state index contributed by atoms with van der Waals surface area (Å²) in [4.78, 5) is 85.6. The fraction of sp³-hybridized carbons (Fsp3) is 0.425. The Bertz CT molecular complexity index is 3430. The number of ketones is 2. The first-order chi connectivity index (χ1) is 49.5. The van der Waals surface area contributed by atoms with E-state index in [-0.39, 0.29) is 104 Å². The number of Topliss-reactive ketones (excluding diaryl/α,β-unsaturated/α-hetero) is 2. The third-order valence-corrected chi connectivity index (χ3v) is 14.4. The van der Waals surface area contributed by atoms with Crippen LogP contribution in [0.3, 0.4) is 0 Å². The summed E-state index contributed by atoms with van der Waals surface area (Å²) >= 11 is 13.1. The van der Waals surface area contributed by atoms with E-state index in [9.17, 15) is 38.4 Å². The van der Waals surface area contributed by atoms with Gasteiger partial charge in [0.1, 0.15) is 40.3 Å². The number of carboxylic acids is 1. The second kappa shape index (κ2) is 67.4. The molecule has 0 saturated carbocycles. The second-order valence-corrected chi connectivity index (χ2v) is 30.8. The zero-order valence-electron chi connectivity index (χ0n) is 63.8. The molecule has 27 heteroatoms. The SMILES string of the molecule is C.CCOC(=O)/C=C(\C)Cc1ccccc1OC.CCOC(=O)C=O.CCOC(=O)CC(C)Cc1ccccc1OC.COc1cccc2c1CC(C)CC2=O.COc1ccccc1CC(C)=O.COc1ccccc1CC(C)CC(=O)Cl.COc1ccccc1CC(C)CC(=O)O.ClCCl.[Cl][Al]([Cl])[Cl].[HH].[Li+].[OH-]. The molecule has 0 radical (unpaired) electrons. The van der Waals surface area contributed by atoms with Gasteiger partial charge in [-0.15, -0.1) is 23.2 Å². The predicted octanol–water partition coefficient (Wildman–Crippen LogP) is 15.8. The average Bonchev–Trinajstić information content (AvgIpc) is 0.957. The number of hydrogen-bond acceptors (Lipinski definition) is 18. The topological polar surface area (TPSA) is 270 Å². The summed E-state index contributed by atoms with van der Waals surface area (Å²) in [6, 6.07) is 44.4. The summed E-state index contributed by atoms with van der Waals surface area (Å²) in [6.45, 7) is 17.9. The Kier molecular flexibility index (Phi) is 68.5. The first-order valence-corrected chi connectivity index (χ1v) is 40.0. The van der Waals surface area contributed by atoms with Gasteiger partial charge in [-0.3, -0.25) is 28.8 Å². The van der Waals surface area contributed by atoms with Gasteiger partial charge in [0.15, 0.2) is 5.78 Å². The van der Waals surface area contributed by atoms with E-state index >= 15 is 0 Å². The Morgan fingerprint density at radius 1 is 0.523 bits per heavy atom. The van der Waals surface area contributed by atoms with Gasteiger partial charge in [0.2, 0.25) is 11.5 Å². The standard InChI is InChI=1S/C14H20O3.C14H18O3.C12H15ClO2.C12H16O3.C12H14O2.C10H12O2.C4H6O3.CH2Cl2.CH4.Al.3ClH.Li.H2O.H2/c2*1-4-17-14(15)10-11(2)9-12-7-5-6-8-13(12)16-3;2*1-9(8-12(13)14)7-10-5-3-4-6-11(10)15-2;1-8-6-10-9(11(13)7-8)4-3-5-12(10)14-2;1-8(11)7-9-5-3-4-6-10(9)12-2;1-2-7-4(6)3-5;2-1-3;;;;;;;;/h5-8,11H,4,9-10H2,1-3H3;5-8,10H,4,9H2,1-3H3;3-6,9H,7-8H2,1-2H3;3-6,9H,7-8H2,1-2H3,(H,13,14);3-5,8H,6-7H2,1-2H3;3-6H,7H2,1-2H3;3H,2H2,1H3;1H2;1H4;;3*1H;;1H2;1H/q;;;;;;;;;+3;;;;+1;;/p-4/b;11-10+;;;;;;;;;;;;;;. The number of carbonyl (C=O) groups is 8. The Hall–Kier alpha value is -6.75. The zero-order chi connectivity index (χ0) is 79.0. The molecule has 0 aliphatic heterocycles. The Morgan fingerprint density at radius 2 is 0.850 bits per heavy atom. The van der Waals surface area contributed by atoms with Crippen LogP contribution < -0.4 is 47.3 Å². The van der Waals surface area contributed by atoms with Gasteiger partial charge in [-0.1, -0.05) is 144 Å². The van der Waals surface area contributed by atoms with E-state index in [4.69, 9.17) is 108 Å². The van der Waals surface area contributed by atoms with Crippen molar-refractivity contribution in [3.05, 3.63) is 190 Å². The third kappa shape index (κ3) is 52.9. The summed E-state index contributed by atoms with van der Waals surface area (Å²) in [6.07, 6.45) is 7.82. The van der Waals surface area contributed by atoms with Crippen molar-refractivity contribution in [2.45, 2.75) is 134 Å². The van der Waals surface area contributed by atoms with Crippen LogP contribution in [0.15, 0.2) is 151 Å². The summed E-state index contributed by atoms with van der Waals surface area (Å²) in [5.41, 5.74) is 8.21. The predicted molar refractivity (Wildman–Crippen MR) is 429 cm³/mol. The first kappa shape index (κ1) is 109. The Morgan fingerprint density at radius 3 is 1.19 bits per heavy atom. The number of para-hydroxylation sites is 5. The summed E-state index contributed by atoms with van der Waals surface area (Å²) < 4.78 is 45.3. The normalized spacial score (nSPS) is 11.7. The van der Waals surface area contributed by atoms with Crippen molar-refractivity contribution >= 4 is 123 Å². The molecule has 7 rings (SSSR count). The van der Waals surface area contributed by atoms with Crippen LogP contribution in [0.1, 0.15) is 141 Å². The van der Waals surface area contributed by atoms with Crippen molar-refractivity contribution in [2.75, 3.05) is 67.8 Å². The van der Waals surface area contributed by atoms with Crippen LogP contribution in [0.4, 0.5) is 0 Å². The van der Waals surface area contributed by atoms with Gasteiger partial charge in [-0.2, -0.15) is 0 Å². The van der Waals surface area contributed by atoms with E-state index < -0.39 is 23.3 Å². The van der Waals surface area contributed by atoms with E-state index in [1.54, 1.807) is 63.4 Å². The Balaban J connectivity index is -0.000000277. The van der Waals surface area contributed by atoms with Gasteiger partial charge in [0, 0.05) is 56.3 Å². The molecule has 590 valence electrons. The summed E-state index contributed by atoms with van der Waals surface area (Å²) in [5, 5.41) is 8.57. The minimum Gasteiger partial charge on any atom is -0.870 e. The first-order valence-electron chi connectivity index (χ1n) is 33.4. The van der Waals surface area contributed by atoms with Gasteiger partial charge in [0.25, 0.3) is 0 Å². The number of allylic oxidation sites excluding steroid dienone is 1. The molecule has 6 aromatic rings. The maximum absolute atomic E-state index is 11.7. The molecular weight excluding hydrogens is 1510 g/mol. The van der Waals surface area contributed by atoms with E-state index in [0.29, 0.717) is 51.2 Å². The molecular formula is C80H110AlCl6LiO19. The number of hydrogen-bond donors (Lipinski definition) is 1. The Labute approximate surface area is 680 Å². The van der Waals surface area contributed by atoms with Crippen molar-refractivity contribution in [3.63, 3.8) is 0 Å². The van der Waals surface area contributed by atoms with E-state index in [2.05, 4.69) is 11.7 Å². The van der Waals surface area contributed by atoms with Gasteiger partial charge in [-0.25, -0.2) is 39.7 Å². The number of aliphatic carboxylic acids is 1. The third-order valence-electron chi connectivity index (χ3n) is 14.2. The molecule has 0 heterocycles. The summed E-state index contributed by atoms with van der Waals surface area (Å²) in [7, 11) is 24.7. The smallest absolute Gasteiger partial charge is 0.870 e. The number of aldehydes is 1. The molecule has 19 nitrogen and oxygen atoms in total. The number of rotatable bonds is 27. The van der Waals surface area contributed by atoms with Crippen molar-refractivity contribution < 1.29 is 112 Å². The maximum Gasteiger partial charge on any atom is 1.00 e. The minimum absolute atomic E-state index is 0. The average molecular weight is 1620 g/mol.